The molecule has 3 rings (SSSR count). The summed E-state index contributed by atoms with van der Waals surface area (Å²) < 4.78 is 5.95. The van der Waals surface area contributed by atoms with Crippen molar-refractivity contribution in [3.63, 3.8) is 0 Å². The van der Waals surface area contributed by atoms with Crippen molar-refractivity contribution in [3.05, 3.63) is 66.7 Å². The van der Waals surface area contributed by atoms with Gasteiger partial charge in [0, 0.05) is 0 Å². The summed E-state index contributed by atoms with van der Waals surface area (Å²) in [6, 6.07) is 23.3. The topological polar surface area (TPSA) is 29.5 Å². The molecular formula is C22H25BO2. The molecule has 0 heterocycles. The van der Waals surface area contributed by atoms with E-state index in [2.05, 4.69) is 66.7 Å². The summed E-state index contributed by atoms with van der Waals surface area (Å²) in [4.78, 5) is 0. The third-order valence-corrected chi connectivity index (χ3v) is 5.13. The second-order valence-corrected chi connectivity index (χ2v) is 7.58. The molecule has 0 amide bonds. The van der Waals surface area contributed by atoms with Crippen molar-refractivity contribution in [2.75, 3.05) is 0 Å². The van der Waals surface area contributed by atoms with Gasteiger partial charge in [0.15, 0.2) is 0 Å². The van der Waals surface area contributed by atoms with Crippen LogP contribution in [0.3, 0.4) is 0 Å². The monoisotopic (exact) mass is 332 g/mol. The molecule has 3 aromatic rings. The Balaban J connectivity index is 1.81. The molecule has 3 aromatic carbocycles. The lowest BCUT2D eigenvalue weighted by molar-refractivity contribution is -0.0893. The van der Waals surface area contributed by atoms with Gasteiger partial charge in [-0.05, 0) is 49.6 Å². The fraction of sp³-hybridized carbons (Fsp3) is 0.273. The van der Waals surface area contributed by atoms with E-state index in [1.807, 2.05) is 13.8 Å². The van der Waals surface area contributed by atoms with Gasteiger partial charge in [0.05, 0.1) is 11.2 Å². The maximum absolute atomic E-state index is 10.2. The predicted molar refractivity (Wildman–Crippen MR) is 108 cm³/mol. The van der Waals surface area contributed by atoms with Crippen LogP contribution in [0.1, 0.15) is 27.7 Å². The van der Waals surface area contributed by atoms with Crippen molar-refractivity contribution >= 4 is 23.7 Å². The summed E-state index contributed by atoms with van der Waals surface area (Å²) in [6.07, 6.45) is 0. The average Bonchev–Trinajstić information content (AvgIpc) is 2.59. The first-order valence-electron chi connectivity index (χ1n) is 8.71. The van der Waals surface area contributed by atoms with Crippen molar-refractivity contribution in [2.45, 2.75) is 38.9 Å². The molecule has 0 aliphatic carbocycles. The van der Waals surface area contributed by atoms with Gasteiger partial charge in [0.2, 0.25) is 0 Å². The van der Waals surface area contributed by atoms with Crippen LogP contribution in [0.25, 0.3) is 21.9 Å². The Labute approximate surface area is 150 Å². The lowest BCUT2D eigenvalue weighted by atomic mass is 9.82. The predicted octanol–water partition coefficient (Wildman–Crippen LogP) is 4.05. The normalized spacial score (nSPS) is 12.4. The maximum atomic E-state index is 10.2. The largest absolute Gasteiger partial charge is 0.427 e. The molecule has 0 atom stereocenters. The van der Waals surface area contributed by atoms with Gasteiger partial charge in [-0.25, -0.2) is 0 Å². The van der Waals surface area contributed by atoms with E-state index in [0.29, 0.717) is 7.48 Å². The number of aliphatic hydroxyl groups is 1. The van der Waals surface area contributed by atoms with Gasteiger partial charge in [-0.2, -0.15) is 0 Å². The summed E-state index contributed by atoms with van der Waals surface area (Å²) in [7, 11) is 0.479. The smallest absolute Gasteiger partial charge is 0.309 e. The zero-order valence-electron chi connectivity index (χ0n) is 15.4. The molecule has 0 unspecified atom stereocenters. The highest BCUT2D eigenvalue weighted by Crippen LogP contribution is 2.28. The average molecular weight is 332 g/mol. The third kappa shape index (κ3) is 3.78. The van der Waals surface area contributed by atoms with E-state index in [9.17, 15) is 5.11 Å². The van der Waals surface area contributed by atoms with Crippen LogP contribution >= 0.6 is 0 Å². The van der Waals surface area contributed by atoms with Gasteiger partial charge < -0.3 is 9.76 Å². The highest BCUT2D eigenvalue weighted by atomic mass is 16.5. The Bertz CT molecular complexity index is 856. The van der Waals surface area contributed by atoms with Crippen molar-refractivity contribution in [1.82, 2.24) is 0 Å². The number of rotatable bonds is 5. The number of benzene rings is 3. The second kappa shape index (κ2) is 6.66. The summed E-state index contributed by atoms with van der Waals surface area (Å²) >= 11 is 0. The highest BCUT2D eigenvalue weighted by Gasteiger charge is 2.35. The summed E-state index contributed by atoms with van der Waals surface area (Å²) in [5.41, 5.74) is 2.03. The molecule has 1 N–H and O–H groups in total. The molecule has 0 aliphatic rings. The standard InChI is InChI=1S/C22H25BO2/c1-21(2,24)22(3,4)25-23-18-14-12-17(13-15-18)20-11-7-9-16-8-5-6-10-19(16)20/h5-15,23-24H,1-4H3. The molecule has 0 fully saturated rings. The lowest BCUT2D eigenvalue weighted by Gasteiger charge is -2.37. The zero-order valence-corrected chi connectivity index (χ0v) is 15.4. The molecule has 25 heavy (non-hydrogen) atoms. The minimum atomic E-state index is -0.893. The van der Waals surface area contributed by atoms with Crippen molar-refractivity contribution in [2.24, 2.45) is 0 Å². The first-order chi connectivity index (χ1) is 11.8. The molecule has 0 bridgehead atoms. The van der Waals surface area contributed by atoms with Crippen LogP contribution in [-0.4, -0.2) is 23.8 Å². The fourth-order valence-corrected chi connectivity index (χ4v) is 2.70. The zero-order chi connectivity index (χ0) is 18.1. The van der Waals surface area contributed by atoms with Crippen LogP contribution in [0, 0.1) is 0 Å². The molecule has 0 spiro atoms. The van der Waals surface area contributed by atoms with Crippen LogP contribution in [0.2, 0.25) is 0 Å². The molecular weight excluding hydrogens is 307 g/mol. The number of fused-ring (bicyclic) bond motifs is 1. The second-order valence-electron chi connectivity index (χ2n) is 7.58. The summed E-state index contributed by atoms with van der Waals surface area (Å²) in [5.74, 6) is 0. The number of hydrogen-bond acceptors (Lipinski definition) is 2. The minimum Gasteiger partial charge on any atom is -0.427 e. The molecule has 128 valence electrons. The first-order valence-corrected chi connectivity index (χ1v) is 8.71. The van der Waals surface area contributed by atoms with E-state index in [1.54, 1.807) is 13.8 Å². The van der Waals surface area contributed by atoms with E-state index in [4.69, 9.17) is 4.65 Å². The van der Waals surface area contributed by atoms with Gasteiger partial charge in [-0.1, -0.05) is 72.2 Å². The number of hydrogen-bond donors (Lipinski definition) is 1. The molecule has 0 saturated heterocycles. The van der Waals surface area contributed by atoms with Gasteiger partial charge in [-0.15, -0.1) is 0 Å². The summed E-state index contributed by atoms with van der Waals surface area (Å²) in [6.45, 7) is 7.38. The Kier molecular flexibility index (Phi) is 4.72. The fourth-order valence-electron chi connectivity index (χ4n) is 2.70. The third-order valence-electron chi connectivity index (χ3n) is 5.13. The van der Waals surface area contributed by atoms with Gasteiger partial charge in [0.25, 0.3) is 0 Å². The van der Waals surface area contributed by atoms with Gasteiger partial charge in [-0.3, -0.25) is 0 Å². The van der Waals surface area contributed by atoms with Crippen LogP contribution in [0.4, 0.5) is 0 Å². The molecule has 0 radical (unpaired) electrons. The Morgan fingerprint density at radius 2 is 1.44 bits per heavy atom. The molecule has 3 heteroatoms. The van der Waals surface area contributed by atoms with Crippen LogP contribution in [-0.2, 0) is 4.65 Å². The maximum Gasteiger partial charge on any atom is 0.309 e. The quantitative estimate of drug-likeness (QED) is 0.714. The first kappa shape index (κ1) is 17.7. The van der Waals surface area contributed by atoms with E-state index in [0.717, 1.165) is 5.46 Å². The van der Waals surface area contributed by atoms with Crippen molar-refractivity contribution in [1.29, 1.82) is 0 Å². The van der Waals surface area contributed by atoms with Crippen molar-refractivity contribution in [3.8, 4) is 11.1 Å². The molecule has 2 nitrogen and oxygen atoms in total. The van der Waals surface area contributed by atoms with Gasteiger partial charge >= 0.3 is 7.48 Å². The highest BCUT2D eigenvalue weighted by molar-refractivity contribution is 6.47. The van der Waals surface area contributed by atoms with Crippen LogP contribution in [0.15, 0.2) is 66.7 Å². The molecule has 0 aromatic heterocycles. The molecule has 0 aliphatic heterocycles. The lowest BCUT2D eigenvalue weighted by Crippen LogP contribution is -2.49. The minimum absolute atomic E-state index is 0.479. The molecule has 0 saturated carbocycles. The Morgan fingerprint density at radius 3 is 2.12 bits per heavy atom. The van der Waals surface area contributed by atoms with Crippen LogP contribution in [0.5, 0.6) is 0 Å². The van der Waals surface area contributed by atoms with E-state index in [-0.39, 0.29) is 0 Å². The van der Waals surface area contributed by atoms with E-state index < -0.39 is 11.2 Å². The van der Waals surface area contributed by atoms with Crippen molar-refractivity contribution < 1.29 is 9.76 Å². The van der Waals surface area contributed by atoms with Crippen LogP contribution < -0.4 is 5.46 Å². The SMILES string of the molecule is CC(C)(O)C(C)(C)OBc1ccc(-c2cccc3ccccc23)cc1. The van der Waals surface area contributed by atoms with E-state index >= 15 is 0 Å². The Hall–Kier alpha value is -2.10. The van der Waals surface area contributed by atoms with E-state index in [1.165, 1.54) is 21.9 Å². The summed E-state index contributed by atoms with van der Waals surface area (Å²) in [5, 5.41) is 12.7. The van der Waals surface area contributed by atoms with Gasteiger partial charge in [0.1, 0.15) is 0 Å². The Morgan fingerprint density at radius 1 is 0.800 bits per heavy atom.